The second kappa shape index (κ2) is 8.02. The molecule has 3 rings (SSSR count). The Hall–Kier alpha value is -2.51. The van der Waals surface area contributed by atoms with E-state index in [4.69, 9.17) is 17.0 Å². The van der Waals surface area contributed by atoms with Gasteiger partial charge in [0.15, 0.2) is 5.11 Å². The third-order valence-electron chi connectivity index (χ3n) is 4.02. The molecule has 1 heterocycles. The molecule has 0 fully saturated rings. The molecule has 0 saturated heterocycles. The molecular weight excluding hydrogens is 426 g/mol. The van der Waals surface area contributed by atoms with Crippen molar-refractivity contribution >= 4 is 55.8 Å². The first-order valence-corrected chi connectivity index (χ1v) is 9.42. The van der Waals surface area contributed by atoms with Crippen LogP contribution in [0.1, 0.15) is 21.6 Å². The average molecular weight is 444 g/mol. The van der Waals surface area contributed by atoms with Gasteiger partial charge in [-0.05, 0) is 55.9 Å². The molecule has 7 heteroatoms. The van der Waals surface area contributed by atoms with Crippen LogP contribution in [0.2, 0.25) is 0 Å². The summed E-state index contributed by atoms with van der Waals surface area (Å²) in [6.07, 6.45) is 0. The number of benzene rings is 2. The number of ether oxygens (including phenoxy) is 1. The summed E-state index contributed by atoms with van der Waals surface area (Å²) in [6, 6.07) is 13.3. The summed E-state index contributed by atoms with van der Waals surface area (Å²) in [5.41, 5.74) is 3.69. The molecule has 0 aliphatic heterocycles. The number of nitrogens with zero attached hydrogens (tertiary/aromatic N) is 1. The highest BCUT2D eigenvalue weighted by Gasteiger charge is 2.17. The van der Waals surface area contributed by atoms with Gasteiger partial charge < -0.3 is 10.1 Å². The van der Waals surface area contributed by atoms with Crippen molar-refractivity contribution in [3.05, 3.63) is 63.8 Å². The number of aromatic nitrogens is 1. The highest BCUT2D eigenvalue weighted by Crippen LogP contribution is 2.28. The molecule has 0 bridgehead atoms. The van der Waals surface area contributed by atoms with Gasteiger partial charge in [0, 0.05) is 15.6 Å². The number of para-hydroxylation sites is 1. The van der Waals surface area contributed by atoms with Gasteiger partial charge in [-0.15, -0.1) is 0 Å². The molecule has 0 radical (unpaired) electrons. The normalized spacial score (nSPS) is 10.5. The van der Waals surface area contributed by atoms with E-state index in [1.807, 2.05) is 50.2 Å². The number of anilines is 1. The largest absolute Gasteiger partial charge is 0.496 e. The number of halogens is 1. The minimum Gasteiger partial charge on any atom is -0.496 e. The summed E-state index contributed by atoms with van der Waals surface area (Å²) < 4.78 is 6.16. The second-order valence-electron chi connectivity index (χ2n) is 6.04. The van der Waals surface area contributed by atoms with E-state index >= 15 is 0 Å². The first kappa shape index (κ1) is 19.3. The van der Waals surface area contributed by atoms with Crippen LogP contribution in [-0.2, 0) is 0 Å². The maximum Gasteiger partial charge on any atom is 0.261 e. The smallest absolute Gasteiger partial charge is 0.261 e. The van der Waals surface area contributed by atoms with Crippen LogP contribution in [0.3, 0.4) is 0 Å². The van der Waals surface area contributed by atoms with Crippen molar-refractivity contribution in [2.45, 2.75) is 13.8 Å². The zero-order chi connectivity index (χ0) is 19.6. The molecule has 27 heavy (non-hydrogen) atoms. The van der Waals surface area contributed by atoms with E-state index in [-0.39, 0.29) is 11.0 Å². The number of rotatable bonds is 3. The van der Waals surface area contributed by atoms with E-state index in [1.165, 1.54) is 7.11 Å². The highest BCUT2D eigenvalue weighted by atomic mass is 79.9. The zero-order valence-electron chi connectivity index (χ0n) is 15.1. The summed E-state index contributed by atoms with van der Waals surface area (Å²) >= 11 is 8.74. The number of aryl methyl sites for hydroxylation is 2. The first-order chi connectivity index (χ1) is 12.9. The number of carbonyl (C=O) groups is 1. The van der Waals surface area contributed by atoms with E-state index in [0.29, 0.717) is 11.3 Å². The number of hydrogen-bond donors (Lipinski definition) is 2. The summed E-state index contributed by atoms with van der Waals surface area (Å²) in [5, 5.41) is 6.95. The molecule has 0 aliphatic carbocycles. The van der Waals surface area contributed by atoms with Crippen LogP contribution in [0.4, 0.5) is 5.69 Å². The van der Waals surface area contributed by atoms with Crippen LogP contribution < -0.4 is 15.4 Å². The number of amides is 1. The van der Waals surface area contributed by atoms with Crippen LogP contribution in [-0.4, -0.2) is 23.1 Å². The third kappa shape index (κ3) is 4.26. The van der Waals surface area contributed by atoms with Crippen LogP contribution in [0.25, 0.3) is 10.9 Å². The summed E-state index contributed by atoms with van der Waals surface area (Å²) in [7, 11) is 1.54. The van der Waals surface area contributed by atoms with Gasteiger partial charge in [0.2, 0.25) is 0 Å². The molecule has 0 atom stereocenters. The quantitative estimate of drug-likeness (QED) is 0.571. The fourth-order valence-electron chi connectivity index (χ4n) is 2.84. The number of methoxy groups -OCH3 is 1. The standard InChI is InChI=1S/C20H18BrN3O2S/c1-11-9-14(21)10-15(18(11)26-3)19(25)24-20(27)23-16-6-4-5-13-8-7-12(2)22-17(13)16/h4-10H,1-3H3,(H2,23,24,25,27). The number of fused-ring (bicyclic) bond motifs is 1. The van der Waals surface area contributed by atoms with Gasteiger partial charge in [-0.25, -0.2) is 0 Å². The monoisotopic (exact) mass is 443 g/mol. The van der Waals surface area contributed by atoms with Crippen molar-refractivity contribution < 1.29 is 9.53 Å². The zero-order valence-corrected chi connectivity index (χ0v) is 17.5. The molecule has 0 unspecified atom stereocenters. The van der Waals surface area contributed by atoms with Crippen LogP contribution in [0.15, 0.2) is 46.9 Å². The van der Waals surface area contributed by atoms with E-state index < -0.39 is 0 Å². The van der Waals surface area contributed by atoms with Crippen LogP contribution >= 0.6 is 28.1 Å². The summed E-state index contributed by atoms with van der Waals surface area (Å²) in [6.45, 7) is 3.80. The summed E-state index contributed by atoms with van der Waals surface area (Å²) in [5.74, 6) is 0.166. The molecule has 0 spiro atoms. The van der Waals surface area contributed by atoms with Crippen molar-refractivity contribution in [2.24, 2.45) is 0 Å². The van der Waals surface area contributed by atoms with Gasteiger partial charge >= 0.3 is 0 Å². The Morgan fingerprint density at radius 3 is 2.70 bits per heavy atom. The molecule has 1 aromatic heterocycles. The lowest BCUT2D eigenvalue weighted by atomic mass is 10.1. The van der Waals surface area contributed by atoms with E-state index in [1.54, 1.807) is 6.07 Å². The second-order valence-corrected chi connectivity index (χ2v) is 7.37. The van der Waals surface area contributed by atoms with Gasteiger partial charge in [-0.1, -0.05) is 34.1 Å². The van der Waals surface area contributed by atoms with Gasteiger partial charge in [0.1, 0.15) is 5.75 Å². The molecule has 0 aliphatic rings. The van der Waals surface area contributed by atoms with Crippen molar-refractivity contribution in [1.82, 2.24) is 10.3 Å². The minimum absolute atomic E-state index is 0.190. The van der Waals surface area contributed by atoms with E-state index in [2.05, 4.69) is 31.5 Å². The molecule has 3 aromatic rings. The Labute approximate surface area is 171 Å². The third-order valence-corrected chi connectivity index (χ3v) is 4.68. The van der Waals surface area contributed by atoms with E-state index in [0.717, 1.165) is 32.3 Å². The Kier molecular flexibility index (Phi) is 5.72. The van der Waals surface area contributed by atoms with E-state index in [9.17, 15) is 4.79 Å². The number of thiocarbonyl (C=S) groups is 1. The maximum absolute atomic E-state index is 12.7. The predicted molar refractivity (Wildman–Crippen MR) is 116 cm³/mol. The average Bonchev–Trinajstić information content (AvgIpc) is 2.61. The van der Waals surface area contributed by atoms with Crippen molar-refractivity contribution in [3.8, 4) is 5.75 Å². The number of hydrogen-bond acceptors (Lipinski definition) is 4. The molecule has 2 N–H and O–H groups in total. The summed E-state index contributed by atoms with van der Waals surface area (Å²) in [4.78, 5) is 17.2. The number of carbonyl (C=O) groups excluding carboxylic acids is 1. The molecule has 138 valence electrons. The van der Waals surface area contributed by atoms with Crippen molar-refractivity contribution in [3.63, 3.8) is 0 Å². The topological polar surface area (TPSA) is 63.2 Å². The maximum atomic E-state index is 12.7. The van der Waals surface area contributed by atoms with Gasteiger partial charge in [0.05, 0.1) is 23.9 Å². The lowest BCUT2D eigenvalue weighted by Crippen LogP contribution is -2.34. The van der Waals surface area contributed by atoms with Crippen molar-refractivity contribution in [2.75, 3.05) is 12.4 Å². The minimum atomic E-state index is -0.349. The van der Waals surface area contributed by atoms with Gasteiger partial charge in [0.25, 0.3) is 5.91 Å². The number of pyridine rings is 1. The Morgan fingerprint density at radius 2 is 1.96 bits per heavy atom. The Morgan fingerprint density at radius 1 is 1.19 bits per heavy atom. The molecule has 0 saturated carbocycles. The lowest BCUT2D eigenvalue weighted by Gasteiger charge is -2.14. The van der Waals surface area contributed by atoms with Crippen LogP contribution in [0, 0.1) is 13.8 Å². The first-order valence-electron chi connectivity index (χ1n) is 8.22. The Bertz CT molecular complexity index is 1050. The number of nitrogens with one attached hydrogen (secondary N) is 2. The van der Waals surface area contributed by atoms with Gasteiger partial charge in [-0.3, -0.25) is 15.1 Å². The van der Waals surface area contributed by atoms with Crippen molar-refractivity contribution in [1.29, 1.82) is 0 Å². The van der Waals surface area contributed by atoms with Crippen LogP contribution in [0.5, 0.6) is 5.75 Å². The molecule has 1 amide bonds. The van der Waals surface area contributed by atoms with Gasteiger partial charge in [-0.2, -0.15) is 0 Å². The highest BCUT2D eigenvalue weighted by molar-refractivity contribution is 9.10. The SMILES string of the molecule is COc1c(C)cc(Br)cc1C(=O)NC(=S)Nc1cccc2ccc(C)nc12. The fraction of sp³-hybridized carbons (Fsp3) is 0.150. The lowest BCUT2D eigenvalue weighted by molar-refractivity contribution is 0.0974. The molecule has 2 aromatic carbocycles. The predicted octanol–water partition coefficient (Wildman–Crippen LogP) is 4.75. The molecule has 5 nitrogen and oxygen atoms in total. The Balaban J connectivity index is 1.83. The fourth-order valence-corrected chi connectivity index (χ4v) is 3.61. The molecular formula is C20H18BrN3O2S.